The topological polar surface area (TPSA) is 56.5 Å². The third kappa shape index (κ3) is 7.64. The zero-order valence-electron chi connectivity index (χ0n) is 36.4. The molecule has 67 heavy (non-hydrogen) atoms. The van der Waals surface area contributed by atoms with Gasteiger partial charge in [0.05, 0.1) is 28.0 Å². The Bertz CT molecular complexity index is 3680. The molecule has 0 amide bonds. The maximum absolute atomic E-state index is 5.37. The molecule has 0 aliphatic carbocycles. The van der Waals surface area contributed by atoms with Gasteiger partial charge in [-0.1, -0.05) is 200 Å². The van der Waals surface area contributed by atoms with Gasteiger partial charge in [0.25, 0.3) is 0 Å². The number of para-hydroxylation sites is 2. The van der Waals surface area contributed by atoms with Crippen LogP contribution in [0.15, 0.2) is 249 Å². The van der Waals surface area contributed by atoms with E-state index in [9.17, 15) is 0 Å². The van der Waals surface area contributed by atoms with E-state index < -0.39 is 0 Å². The molecular formula is C62H41N5. The first kappa shape index (κ1) is 39.5. The van der Waals surface area contributed by atoms with Crippen LogP contribution in [0.5, 0.6) is 0 Å². The van der Waals surface area contributed by atoms with Crippen LogP contribution < -0.4 is 0 Å². The van der Waals surface area contributed by atoms with E-state index in [2.05, 4.69) is 193 Å². The molecule has 0 bridgehead atoms. The maximum atomic E-state index is 5.37. The zero-order valence-corrected chi connectivity index (χ0v) is 36.4. The van der Waals surface area contributed by atoms with E-state index in [0.717, 1.165) is 106 Å². The Morgan fingerprint density at radius 1 is 0.269 bits per heavy atom. The minimum Gasteiger partial charge on any atom is -0.294 e. The molecule has 0 spiro atoms. The number of benzene rings is 9. The Labute approximate surface area is 389 Å². The first-order valence-electron chi connectivity index (χ1n) is 22.5. The Kier molecular flexibility index (Phi) is 10.1. The van der Waals surface area contributed by atoms with Crippen molar-refractivity contribution in [3.8, 4) is 95.6 Å². The molecule has 0 saturated carbocycles. The second-order valence-electron chi connectivity index (χ2n) is 16.7. The summed E-state index contributed by atoms with van der Waals surface area (Å²) in [6.45, 7) is 0. The fourth-order valence-corrected chi connectivity index (χ4v) is 9.15. The molecule has 314 valence electrons. The lowest BCUT2D eigenvalue weighted by Crippen LogP contribution is -1.99. The minimum atomic E-state index is 0.687. The fourth-order valence-electron chi connectivity index (χ4n) is 9.15. The molecular weight excluding hydrogens is 815 g/mol. The van der Waals surface area contributed by atoms with E-state index in [1.807, 2.05) is 60.7 Å². The summed E-state index contributed by atoms with van der Waals surface area (Å²) in [6, 6.07) is 86.9. The molecule has 0 radical (unpaired) electrons. The number of fused-ring (bicyclic) bond motifs is 3. The van der Waals surface area contributed by atoms with Crippen molar-refractivity contribution >= 4 is 21.9 Å². The van der Waals surface area contributed by atoms with Gasteiger partial charge in [0.1, 0.15) is 5.65 Å². The van der Waals surface area contributed by atoms with Crippen molar-refractivity contribution in [1.82, 2.24) is 24.5 Å². The van der Waals surface area contributed by atoms with Crippen molar-refractivity contribution in [2.24, 2.45) is 0 Å². The highest BCUT2D eigenvalue weighted by Gasteiger charge is 2.21. The van der Waals surface area contributed by atoms with Crippen molar-refractivity contribution < 1.29 is 0 Å². The zero-order chi connectivity index (χ0) is 44.5. The van der Waals surface area contributed by atoms with Crippen LogP contribution in [0.4, 0.5) is 0 Å². The van der Waals surface area contributed by atoms with E-state index in [4.69, 9.17) is 19.9 Å². The van der Waals surface area contributed by atoms with Crippen molar-refractivity contribution in [3.05, 3.63) is 249 Å². The number of hydrogen-bond acceptors (Lipinski definition) is 4. The predicted octanol–water partition coefficient (Wildman–Crippen LogP) is 15.7. The van der Waals surface area contributed by atoms with Crippen LogP contribution in [0, 0.1) is 0 Å². The predicted molar refractivity (Wildman–Crippen MR) is 275 cm³/mol. The van der Waals surface area contributed by atoms with Crippen molar-refractivity contribution in [1.29, 1.82) is 0 Å². The normalized spacial score (nSPS) is 11.3. The average molecular weight is 856 g/mol. The van der Waals surface area contributed by atoms with Gasteiger partial charge in [0, 0.05) is 38.9 Å². The summed E-state index contributed by atoms with van der Waals surface area (Å²) >= 11 is 0. The highest BCUT2D eigenvalue weighted by Crippen LogP contribution is 2.40. The minimum absolute atomic E-state index is 0.687. The van der Waals surface area contributed by atoms with Crippen LogP contribution in [0.2, 0.25) is 0 Å². The molecule has 9 aromatic carbocycles. The molecule has 0 saturated heterocycles. The third-order valence-corrected chi connectivity index (χ3v) is 12.4. The first-order valence-corrected chi connectivity index (χ1v) is 22.5. The van der Waals surface area contributed by atoms with Crippen molar-refractivity contribution in [2.75, 3.05) is 0 Å². The maximum Gasteiger partial charge on any atom is 0.162 e. The molecule has 0 aliphatic heterocycles. The molecule has 0 atom stereocenters. The summed E-state index contributed by atoms with van der Waals surface area (Å²) in [4.78, 5) is 20.8. The molecule has 0 fully saturated rings. The monoisotopic (exact) mass is 855 g/mol. The van der Waals surface area contributed by atoms with Gasteiger partial charge in [-0.25, -0.2) is 19.9 Å². The van der Waals surface area contributed by atoms with Gasteiger partial charge < -0.3 is 0 Å². The lowest BCUT2D eigenvalue weighted by molar-refractivity contribution is 1.11. The first-order chi connectivity index (χ1) is 33.2. The van der Waals surface area contributed by atoms with E-state index in [-0.39, 0.29) is 0 Å². The summed E-state index contributed by atoms with van der Waals surface area (Å²) in [5.74, 6) is 1.39. The molecule has 3 aromatic heterocycles. The van der Waals surface area contributed by atoms with Crippen LogP contribution in [-0.2, 0) is 0 Å². The summed E-state index contributed by atoms with van der Waals surface area (Å²) < 4.78 is 2.26. The molecule has 5 nitrogen and oxygen atoms in total. The SMILES string of the molecule is c1ccc(-c2cc(-c3cccc(-c4cccc(-c5cccc(-c6cccc(-c7nc(-c8ccccc8)nc8c7c7ccccc7n8-c7ccccc7)c6)c5)c4)c3)nc(-c3ccccc3)n2)cc1. The van der Waals surface area contributed by atoms with Gasteiger partial charge in [0.2, 0.25) is 0 Å². The largest absolute Gasteiger partial charge is 0.294 e. The molecule has 0 unspecified atom stereocenters. The lowest BCUT2D eigenvalue weighted by atomic mass is 9.94. The molecule has 5 heteroatoms. The molecule has 0 N–H and O–H groups in total. The molecule has 0 aliphatic rings. The van der Waals surface area contributed by atoms with E-state index >= 15 is 0 Å². The van der Waals surface area contributed by atoms with Crippen LogP contribution in [-0.4, -0.2) is 24.5 Å². The van der Waals surface area contributed by atoms with Crippen LogP contribution in [0.1, 0.15) is 0 Å². The quantitative estimate of drug-likeness (QED) is 0.145. The molecule has 12 rings (SSSR count). The van der Waals surface area contributed by atoms with Gasteiger partial charge in [-0.3, -0.25) is 4.57 Å². The van der Waals surface area contributed by atoms with Crippen molar-refractivity contribution in [2.45, 2.75) is 0 Å². The summed E-state index contributed by atoms with van der Waals surface area (Å²) in [5, 5.41) is 2.14. The Morgan fingerprint density at radius 2 is 0.657 bits per heavy atom. The van der Waals surface area contributed by atoms with Gasteiger partial charge in [-0.2, -0.15) is 0 Å². The number of hydrogen-bond donors (Lipinski definition) is 0. The summed E-state index contributed by atoms with van der Waals surface area (Å²) in [7, 11) is 0. The van der Waals surface area contributed by atoms with E-state index in [1.54, 1.807) is 0 Å². The van der Waals surface area contributed by atoms with E-state index in [1.165, 1.54) is 0 Å². The fraction of sp³-hybridized carbons (Fsp3) is 0. The van der Waals surface area contributed by atoms with Gasteiger partial charge in [-0.15, -0.1) is 0 Å². The number of rotatable bonds is 9. The van der Waals surface area contributed by atoms with Crippen molar-refractivity contribution in [3.63, 3.8) is 0 Å². The average Bonchev–Trinajstić information content (AvgIpc) is 3.76. The Hall–Kier alpha value is -9.06. The standard InChI is InChI=1S/C62H41N5/c1-5-19-42(20-6-1)55-41-56(64-60(63-55)43-21-7-2-8-22-43)51-31-17-29-49(39-51)47-27-15-25-45(37-47)46-26-16-28-48(38-46)50-30-18-32-52(40-50)59-58-54-35-13-14-36-57(54)67(53-33-11-4-12-34-53)62(58)66-61(65-59)44-23-9-3-10-24-44/h1-41H. The van der Waals surface area contributed by atoms with Gasteiger partial charge in [0.15, 0.2) is 11.6 Å². The number of aromatic nitrogens is 5. The third-order valence-electron chi connectivity index (χ3n) is 12.4. The van der Waals surface area contributed by atoms with Crippen LogP contribution in [0.25, 0.3) is 118 Å². The highest BCUT2D eigenvalue weighted by molar-refractivity contribution is 6.14. The molecule has 3 heterocycles. The highest BCUT2D eigenvalue weighted by atomic mass is 15.1. The van der Waals surface area contributed by atoms with Gasteiger partial charge >= 0.3 is 0 Å². The lowest BCUT2D eigenvalue weighted by Gasteiger charge is -2.12. The smallest absolute Gasteiger partial charge is 0.162 e. The Morgan fingerprint density at radius 3 is 1.21 bits per heavy atom. The van der Waals surface area contributed by atoms with Crippen LogP contribution >= 0.6 is 0 Å². The number of nitrogens with zero attached hydrogens (tertiary/aromatic N) is 5. The van der Waals surface area contributed by atoms with E-state index in [0.29, 0.717) is 11.6 Å². The second-order valence-corrected chi connectivity index (χ2v) is 16.7. The Balaban J connectivity index is 0.918. The van der Waals surface area contributed by atoms with Crippen LogP contribution in [0.3, 0.4) is 0 Å². The second kappa shape index (κ2) is 17.1. The van der Waals surface area contributed by atoms with Gasteiger partial charge in [-0.05, 0) is 81.9 Å². The summed E-state index contributed by atoms with van der Waals surface area (Å²) in [6.07, 6.45) is 0. The summed E-state index contributed by atoms with van der Waals surface area (Å²) in [5.41, 5.74) is 17.5. The molecule has 12 aromatic rings.